The fourth-order valence-corrected chi connectivity index (χ4v) is 2.29. The largest absolute Gasteiger partial charge is 0.0885 e. The van der Waals surface area contributed by atoms with Crippen molar-refractivity contribution in [2.75, 3.05) is 0 Å². The highest BCUT2D eigenvalue weighted by Crippen LogP contribution is 2.09. The Morgan fingerprint density at radius 1 is 0.278 bits per heavy atom. The molecule has 0 heterocycles. The standard InChI is InChI=1S/C7H12.C6H10.C5H8/c1-2-4-6-7-5-3-1;1-2-4-6-5-3-1;1-2-4-5-3-1/h1-2H,3-7H2;1-2H,3-6H2;1-2H,3-5H2. The highest BCUT2D eigenvalue weighted by Gasteiger charge is 1.89. The van der Waals surface area contributed by atoms with Crippen LogP contribution in [0.2, 0.25) is 0 Å². The minimum atomic E-state index is 1.32. The quantitative estimate of drug-likeness (QED) is 0.437. The SMILES string of the molecule is C1=CCCC1.C1=CCCCC1.C1=CCCCCC1. The van der Waals surface area contributed by atoms with E-state index in [2.05, 4.69) is 36.5 Å². The van der Waals surface area contributed by atoms with Crippen molar-refractivity contribution in [1.82, 2.24) is 0 Å². The van der Waals surface area contributed by atoms with Crippen molar-refractivity contribution in [3.8, 4) is 0 Å². The van der Waals surface area contributed by atoms with Gasteiger partial charge in [-0.05, 0) is 70.6 Å². The van der Waals surface area contributed by atoms with Crippen LogP contribution < -0.4 is 0 Å². The Morgan fingerprint density at radius 2 is 0.556 bits per heavy atom. The van der Waals surface area contributed by atoms with Gasteiger partial charge < -0.3 is 0 Å². The van der Waals surface area contributed by atoms with Crippen molar-refractivity contribution < 1.29 is 0 Å². The number of rotatable bonds is 0. The first-order chi connectivity index (χ1) is 9.00. The molecule has 18 heavy (non-hydrogen) atoms. The molecule has 3 aliphatic rings. The number of hydrogen-bond donors (Lipinski definition) is 0. The lowest BCUT2D eigenvalue weighted by molar-refractivity contribution is 0.718. The van der Waals surface area contributed by atoms with Crippen molar-refractivity contribution in [1.29, 1.82) is 0 Å². The molecule has 0 spiro atoms. The van der Waals surface area contributed by atoms with Crippen LogP contribution in [0.5, 0.6) is 0 Å². The van der Waals surface area contributed by atoms with Crippen molar-refractivity contribution in [3.63, 3.8) is 0 Å². The van der Waals surface area contributed by atoms with Crippen LogP contribution in [0.4, 0.5) is 0 Å². The predicted octanol–water partition coefficient (Wildman–Crippen LogP) is 6.35. The Balaban J connectivity index is 0.000000137. The molecule has 0 unspecified atom stereocenters. The Morgan fingerprint density at radius 3 is 0.833 bits per heavy atom. The predicted molar refractivity (Wildman–Crippen MR) is 82.8 cm³/mol. The molecule has 102 valence electrons. The highest BCUT2D eigenvalue weighted by molar-refractivity contribution is 4.88. The Bertz CT molecular complexity index is 223. The zero-order valence-corrected chi connectivity index (χ0v) is 11.9. The Labute approximate surface area is 114 Å². The molecule has 0 aromatic heterocycles. The third-order valence-corrected chi connectivity index (χ3v) is 3.47. The van der Waals surface area contributed by atoms with Crippen LogP contribution in [0, 0.1) is 0 Å². The summed E-state index contributed by atoms with van der Waals surface area (Å²) in [6, 6.07) is 0. The molecule has 3 aliphatic carbocycles. The van der Waals surface area contributed by atoms with Crippen molar-refractivity contribution in [2.45, 2.75) is 77.0 Å². The fourth-order valence-electron chi connectivity index (χ4n) is 2.29. The first-order valence-electron chi connectivity index (χ1n) is 7.95. The van der Waals surface area contributed by atoms with E-state index >= 15 is 0 Å². The van der Waals surface area contributed by atoms with E-state index in [0.717, 1.165) is 0 Å². The molecule has 0 aromatic carbocycles. The first-order valence-corrected chi connectivity index (χ1v) is 7.95. The lowest BCUT2D eigenvalue weighted by atomic mass is 10.1. The van der Waals surface area contributed by atoms with Crippen molar-refractivity contribution in [2.24, 2.45) is 0 Å². The van der Waals surface area contributed by atoms with Crippen molar-refractivity contribution >= 4 is 0 Å². The normalized spacial score (nSPS) is 21.3. The van der Waals surface area contributed by atoms with Gasteiger partial charge in [-0.1, -0.05) is 42.9 Å². The van der Waals surface area contributed by atoms with Crippen molar-refractivity contribution in [3.05, 3.63) is 36.5 Å². The van der Waals surface area contributed by atoms with Gasteiger partial charge >= 0.3 is 0 Å². The van der Waals surface area contributed by atoms with Crippen LogP contribution in [0.15, 0.2) is 36.5 Å². The molecule has 0 radical (unpaired) electrons. The lowest BCUT2D eigenvalue weighted by Gasteiger charge is -1.97. The third kappa shape index (κ3) is 10.4. The topological polar surface area (TPSA) is 0 Å². The van der Waals surface area contributed by atoms with E-state index in [9.17, 15) is 0 Å². The maximum atomic E-state index is 2.30. The zero-order valence-electron chi connectivity index (χ0n) is 11.9. The van der Waals surface area contributed by atoms with Gasteiger partial charge in [0.2, 0.25) is 0 Å². The summed E-state index contributed by atoms with van der Waals surface area (Å²) in [7, 11) is 0. The van der Waals surface area contributed by atoms with Crippen LogP contribution >= 0.6 is 0 Å². The molecule has 0 atom stereocenters. The molecule has 0 saturated carbocycles. The minimum Gasteiger partial charge on any atom is -0.0885 e. The molecule has 0 aromatic rings. The second kappa shape index (κ2) is 12.7. The molecule has 0 nitrogen and oxygen atoms in total. The lowest BCUT2D eigenvalue weighted by Crippen LogP contribution is -1.77. The molecule has 3 rings (SSSR count). The van der Waals surface area contributed by atoms with E-state index in [-0.39, 0.29) is 0 Å². The monoisotopic (exact) mass is 246 g/mol. The summed E-state index contributed by atoms with van der Waals surface area (Å²) in [5.74, 6) is 0. The molecule has 0 fully saturated rings. The summed E-state index contributed by atoms with van der Waals surface area (Å²) in [5.41, 5.74) is 0. The zero-order chi connectivity index (χ0) is 12.7. The van der Waals surface area contributed by atoms with Gasteiger partial charge in [0.15, 0.2) is 0 Å². The smallest absolute Gasteiger partial charge is 0.0348 e. The molecule has 0 amide bonds. The summed E-state index contributed by atoms with van der Waals surface area (Å²) in [5, 5.41) is 0. The van der Waals surface area contributed by atoms with Gasteiger partial charge in [-0.25, -0.2) is 0 Å². The van der Waals surface area contributed by atoms with Crippen LogP contribution in [-0.4, -0.2) is 0 Å². The Kier molecular flexibility index (Phi) is 10.8. The molecule has 0 aliphatic heterocycles. The van der Waals surface area contributed by atoms with Gasteiger partial charge in [-0.3, -0.25) is 0 Å². The summed E-state index contributed by atoms with van der Waals surface area (Å²) in [4.78, 5) is 0. The summed E-state index contributed by atoms with van der Waals surface area (Å²) < 4.78 is 0. The molecule has 0 heteroatoms. The van der Waals surface area contributed by atoms with Crippen LogP contribution in [0.3, 0.4) is 0 Å². The average molecular weight is 246 g/mol. The van der Waals surface area contributed by atoms with E-state index in [1.54, 1.807) is 0 Å². The summed E-state index contributed by atoms with van der Waals surface area (Å²) in [6.45, 7) is 0. The Hall–Kier alpha value is -0.780. The van der Waals surface area contributed by atoms with Crippen LogP contribution in [0.1, 0.15) is 77.0 Å². The average Bonchev–Trinajstić information content (AvgIpc) is 2.90. The van der Waals surface area contributed by atoms with Gasteiger partial charge in [-0.15, -0.1) is 0 Å². The van der Waals surface area contributed by atoms with E-state index in [1.165, 1.54) is 77.0 Å². The third-order valence-electron chi connectivity index (χ3n) is 3.47. The van der Waals surface area contributed by atoms with Gasteiger partial charge in [0.25, 0.3) is 0 Å². The van der Waals surface area contributed by atoms with E-state index in [1.807, 2.05) is 0 Å². The van der Waals surface area contributed by atoms with Gasteiger partial charge in [0.1, 0.15) is 0 Å². The molecular weight excluding hydrogens is 216 g/mol. The second-order valence-corrected chi connectivity index (χ2v) is 5.27. The first kappa shape index (κ1) is 15.3. The van der Waals surface area contributed by atoms with E-state index < -0.39 is 0 Å². The van der Waals surface area contributed by atoms with Gasteiger partial charge in [0.05, 0.1) is 0 Å². The van der Waals surface area contributed by atoms with Gasteiger partial charge in [-0.2, -0.15) is 0 Å². The van der Waals surface area contributed by atoms with E-state index in [4.69, 9.17) is 0 Å². The minimum absolute atomic E-state index is 1.32. The fraction of sp³-hybridized carbons (Fsp3) is 0.667. The molecule has 0 saturated heterocycles. The second-order valence-electron chi connectivity index (χ2n) is 5.27. The van der Waals surface area contributed by atoms with Gasteiger partial charge in [0, 0.05) is 0 Å². The summed E-state index contributed by atoms with van der Waals surface area (Å²) >= 11 is 0. The highest BCUT2D eigenvalue weighted by atomic mass is 14.0. The van der Waals surface area contributed by atoms with Crippen LogP contribution in [-0.2, 0) is 0 Å². The number of allylic oxidation sites excluding steroid dienone is 6. The van der Waals surface area contributed by atoms with E-state index in [0.29, 0.717) is 0 Å². The summed E-state index contributed by atoms with van der Waals surface area (Å²) in [6.07, 6.45) is 30.0. The molecular formula is C18H30. The van der Waals surface area contributed by atoms with Crippen LogP contribution in [0.25, 0.3) is 0 Å². The maximum absolute atomic E-state index is 2.30. The number of hydrogen-bond acceptors (Lipinski definition) is 0. The maximum Gasteiger partial charge on any atom is -0.0348 e. The molecule has 0 bridgehead atoms. The molecule has 0 N–H and O–H groups in total.